The minimum Gasteiger partial charge on any atom is -0.487 e. The van der Waals surface area contributed by atoms with Crippen molar-refractivity contribution in [3.8, 4) is 11.5 Å². The number of halogens is 1. The van der Waals surface area contributed by atoms with Crippen LogP contribution < -0.4 is 15.1 Å². The van der Waals surface area contributed by atoms with Crippen molar-refractivity contribution in [1.29, 1.82) is 0 Å². The molecule has 3 rings (SSSR count). The van der Waals surface area contributed by atoms with E-state index in [1.54, 1.807) is 12.1 Å². The lowest BCUT2D eigenvalue weighted by molar-refractivity contribution is 0.00708. The number of hydrogen-bond acceptors (Lipinski definition) is 8. The molecule has 1 aliphatic rings. The van der Waals surface area contributed by atoms with E-state index in [0.717, 1.165) is 0 Å². The van der Waals surface area contributed by atoms with E-state index in [1.165, 1.54) is 6.07 Å². The number of carbonyl (C=O) groups excluding carboxylic acids is 1. The van der Waals surface area contributed by atoms with Crippen molar-refractivity contribution in [1.82, 2.24) is 0 Å². The second-order valence-electron chi connectivity index (χ2n) is 5.88. The summed E-state index contributed by atoms with van der Waals surface area (Å²) in [7, 11) is 0. The molecule has 0 saturated carbocycles. The highest BCUT2D eigenvalue weighted by molar-refractivity contribution is 9.09. The molecule has 0 amide bonds. The van der Waals surface area contributed by atoms with Crippen LogP contribution in [0.15, 0.2) is 27.4 Å². The maximum Gasteiger partial charge on any atom is 0.347 e. The summed E-state index contributed by atoms with van der Waals surface area (Å²) in [6.07, 6.45) is 0. The second-order valence-corrected chi connectivity index (χ2v) is 6.44. The zero-order valence-corrected chi connectivity index (χ0v) is 16.8. The van der Waals surface area contributed by atoms with E-state index < -0.39 is 5.63 Å². The SMILES string of the molecule is O=C(CBr)c1cc2cc3c(cc2oc1=O)OCCOCCOCCOCCO3. The van der Waals surface area contributed by atoms with Crippen LogP contribution in [0, 0.1) is 0 Å². The molecular weight excluding hydrogens is 436 g/mol. The second kappa shape index (κ2) is 10.6. The Bertz CT molecular complexity index is 863. The number of ketones is 1. The summed E-state index contributed by atoms with van der Waals surface area (Å²) in [6, 6.07) is 4.76. The Morgan fingerprint density at radius 3 is 1.93 bits per heavy atom. The van der Waals surface area contributed by atoms with E-state index in [9.17, 15) is 9.59 Å². The molecule has 2 aromatic rings. The van der Waals surface area contributed by atoms with E-state index in [2.05, 4.69) is 15.9 Å². The van der Waals surface area contributed by atoms with Gasteiger partial charge < -0.3 is 28.1 Å². The first-order valence-electron chi connectivity index (χ1n) is 8.89. The van der Waals surface area contributed by atoms with Crippen molar-refractivity contribution in [2.24, 2.45) is 0 Å². The number of alkyl halides is 1. The molecular formula is C19H21BrO8. The van der Waals surface area contributed by atoms with Crippen molar-refractivity contribution in [3.63, 3.8) is 0 Å². The molecule has 2 heterocycles. The van der Waals surface area contributed by atoms with Gasteiger partial charge in [-0.3, -0.25) is 4.79 Å². The zero-order valence-electron chi connectivity index (χ0n) is 15.2. The number of hydrogen-bond donors (Lipinski definition) is 0. The van der Waals surface area contributed by atoms with E-state index in [0.29, 0.717) is 75.3 Å². The van der Waals surface area contributed by atoms with Gasteiger partial charge in [0, 0.05) is 11.5 Å². The van der Waals surface area contributed by atoms with Crippen molar-refractivity contribution >= 4 is 32.7 Å². The Kier molecular flexibility index (Phi) is 7.84. The molecule has 0 unspecified atom stereocenters. The topological polar surface area (TPSA) is 93.4 Å². The molecule has 0 radical (unpaired) electrons. The third kappa shape index (κ3) is 5.54. The molecule has 0 N–H and O–H groups in total. The van der Waals surface area contributed by atoms with Crippen LogP contribution in [0.25, 0.3) is 11.0 Å². The number of rotatable bonds is 2. The standard InChI is InChI=1S/C19H21BrO8/c20-12-15(21)14-9-13-10-17-18(11-16(13)28-19(14)22)27-8-6-25-4-2-23-1-3-24-5-7-26-17/h9-11H,1-8,12H2. The van der Waals surface area contributed by atoms with Crippen molar-refractivity contribution in [2.45, 2.75) is 0 Å². The van der Waals surface area contributed by atoms with Crippen molar-refractivity contribution in [3.05, 3.63) is 34.2 Å². The summed E-state index contributed by atoms with van der Waals surface area (Å²) < 4.78 is 33.1. The van der Waals surface area contributed by atoms with Gasteiger partial charge in [-0.1, -0.05) is 15.9 Å². The molecule has 0 bridgehead atoms. The number of fused-ring (bicyclic) bond motifs is 2. The normalized spacial score (nSPS) is 16.9. The van der Waals surface area contributed by atoms with Gasteiger partial charge in [-0.15, -0.1) is 0 Å². The Morgan fingerprint density at radius 2 is 1.36 bits per heavy atom. The maximum absolute atomic E-state index is 12.1. The fraction of sp³-hybridized carbons (Fsp3) is 0.474. The quantitative estimate of drug-likeness (QED) is 0.385. The van der Waals surface area contributed by atoms with Gasteiger partial charge in [0.2, 0.25) is 0 Å². The van der Waals surface area contributed by atoms with Crippen LogP contribution in [0.5, 0.6) is 11.5 Å². The molecule has 0 aliphatic carbocycles. The van der Waals surface area contributed by atoms with E-state index in [-0.39, 0.29) is 16.7 Å². The van der Waals surface area contributed by atoms with Crippen LogP contribution >= 0.6 is 15.9 Å². The van der Waals surface area contributed by atoms with E-state index in [1.807, 2.05) is 0 Å². The summed E-state index contributed by atoms with van der Waals surface area (Å²) in [5.74, 6) is 0.537. The van der Waals surface area contributed by atoms with Gasteiger partial charge in [-0.05, 0) is 12.1 Å². The lowest BCUT2D eigenvalue weighted by Gasteiger charge is -2.14. The van der Waals surface area contributed by atoms with Gasteiger partial charge in [0.15, 0.2) is 17.3 Å². The molecule has 9 heteroatoms. The number of benzene rings is 1. The fourth-order valence-corrected chi connectivity index (χ4v) is 2.88. The first-order chi connectivity index (χ1) is 13.7. The zero-order chi connectivity index (χ0) is 19.8. The lowest BCUT2D eigenvalue weighted by Crippen LogP contribution is -2.15. The van der Waals surface area contributed by atoms with E-state index >= 15 is 0 Å². The summed E-state index contributed by atoms with van der Waals surface area (Å²) >= 11 is 3.07. The van der Waals surface area contributed by atoms with Crippen molar-refractivity contribution in [2.75, 3.05) is 58.2 Å². The lowest BCUT2D eigenvalue weighted by atomic mass is 10.1. The van der Waals surface area contributed by atoms with Gasteiger partial charge in [-0.2, -0.15) is 0 Å². The predicted octanol–water partition coefficient (Wildman–Crippen LogP) is 2.19. The summed E-state index contributed by atoms with van der Waals surface area (Å²) in [6.45, 7) is 3.27. The maximum atomic E-state index is 12.1. The molecule has 0 atom stereocenters. The highest BCUT2D eigenvalue weighted by Gasteiger charge is 2.16. The molecule has 0 saturated heterocycles. The molecule has 1 aromatic carbocycles. The average molecular weight is 457 g/mol. The predicted molar refractivity (Wildman–Crippen MR) is 104 cm³/mol. The molecule has 1 aliphatic heterocycles. The number of ether oxygens (including phenoxy) is 5. The molecule has 28 heavy (non-hydrogen) atoms. The van der Waals surface area contributed by atoms with Gasteiger partial charge >= 0.3 is 5.63 Å². The van der Waals surface area contributed by atoms with Crippen LogP contribution in [0.4, 0.5) is 0 Å². The Balaban J connectivity index is 1.88. The van der Waals surface area contributed by atoms with Gasteiger partial charge in [-0.25, -0.2) is 4.79 Å². The molecule has 8 nitrogen and oxygen atoms in total. The van der Waals surface area contributed by atoms with Crippen LogP contribution in [-0.4, -0.2) is 64.0 Å². The highest BCUT2D eigenvalue weighted by atomic mass is 79.9. The Hall–Kier alpha value is -1.94. The van der Waals surface area contributed by atoms with Crippen LogP contribution in [-0.2, 0) is 14.2 Å². The minimum absolute atomic E-state index is 0.0147. The Labute approximate surface area is 169 Å². The van der Waals surface area contributed by atoms with Crippen LogP contribution in [0.2, 0.25) is 0 Å². The van der Waals surface area contributed by atoms with Gasteiger partial charge in [0.1, 0.15) is 24.4 Å². The molecule has 1 aromatic heterocycles. The van der Waals surface area contributed by atoms with Crippen LogP contribution in [0.1, 0.15) is 10.4 Å². The fourth-order valence-electron chi connectivity index (χ4n) is 2.58. The smallest absolute Gasteiger partial charge is 0.347 e. The summed E-state index contributed by atoms with van der Waals surface area (Å²) in [4.78, 5) is 24.0. The Morgan fingerprint density at radius 1 is 0.821 bits per heavy atom. The third-order valence-electron chi connectivity index (χ3n) is 3.93. The molecule has 0 spiro atoms. The average Bonchev–Trinajstić information content (AvgIpc) is 2.70. The van der Waals surface area contributed by atoms with Gasteiger partial charge in [0.05, 0.1) is 45.0 Å². The first-order valence-corrected chi connectivity index (χ1v) is 10.0. The third-order valence-corrected chi connectivity index (χ3v) is 4.44. The minimum atomic E-state index is -0.688. The monoisotopic (exact) mass is 456 g/mol. The largest absolute Gasteiger partial charge is 0.487 e. The number of carbonyl (C=O) groups is 1. The summed E-state index contributed by atoms with van der Waals surface area (Å²) in [5, 5.41) is 0.601. The molecule has 152 valence electrons. The highest BCUT2D eigenvalue weighted by Crippen LogP contribution is 2.32. The first kappa shape index (κ1) is 20.8. The van der Waals surface area contributed by atoms with Crippen LogP contribution in [0.3, 0.4) is 0 Å². The molecule has 0 fully saturated rings. The number of Topliss-reactive ketones (excluding diaryl/α,β-unsaturated/α-hetero) is 1. The summed E-state index contributed by atoms with van der Waals surface area (Å²) in [5.41, 5.74) is -0.396. The van der Waals surface area contributed by atoms with Gasteiger partial charge in [0.25, 0.3) is 0 Å². The van der Waals surface area contributed by atoms with Crippen molar-refractivity contribution < 1.29 is 32.9 Å². The van der Waals surface area contributed by atoms with E-state index in [4.69, 9.17) is 28.1 Å².